The normalized spacial score (nSPS) is 10.5. The molecule has 6 heteroatoms. The molecule has 6 nitrogen and oxygen atoms in total. The highest BCUT2D eigenvalue weighted by atomic mass is 16.5. The Kier molecular flexibility index (Phi) is 4.84. The summed E-state index contributed by atoms with van der Waals surface area (Å²) in [5.41, 5.74) is 6.31. The number of ether oxygens (including phenoxy) is 1. The summed E-state index contributed by atoms with van der Waals surface area (Å²) in [6.07, 6.45) is 7.31. The number of carbonyl (C=O) groups is 1. The van der Waals surface area contributed by atoms with E-state index in [-0.39, 0.29) is 5.78 Å². The minimum atomic E-state index is -0.171. The maximum atomic E-state index is 12.3. The first-order chi connectivity index (χ1) is 9.74. The number of nitrogens with two attached hydrogens (primary N) is 1. The second-order valence-corrected chi connectivity index (χ2v) is 4.37. The van der Waals surface area contributed by atoms with Gasteiger partial charge in [-0.25, -0.2) is 4.98 Å². The topological polar surface area (TPSA) is 83.0 Å². The molecule has 0 unspecified atom stereocenters. The molecule has 0 aromatic carbocycles. The summed E-state index contributed by atoms with van der Waals surface area (Å²) < 4.78 is 7.26. The number of imidazole rings is 1. The molecular weight excluding hydrogens is 256 g/mol. The van der Waals surface area contributed by atoms with E-state index in [9.17, 15) is 4.79 Å². The van der Waals surface area contributed by atoms with Crippen molar-refractivity contribution in [2.75, 3.05) is 13.2 Å². The summed E-state index contributed by atoms with van der Waals surface area (Å²) >= 11 is 0. The van der Waals surface area contributed by atoms with Crippen LogP contribution in [-0.4, -0.2) is 33.5 Å². The third kappa shape index (κ3) is 3.42. The summed E-state index contributed by atoms with van der Waals surface area (Å²) in [6, 6.07) is 1.69. The van der Waals surface area contributed by atoms with Gasteiger partial charge >= 0.3 is 0 Å². The van der Waals surface area contributed by atoms with Crippen LogP contribution in [0.4, 0.5) is 0 Å². The molecule has 0 aliphatic heterocycles. The zero-order valence-corrected chi connectivity index (χ0v) is 11.5. The molecule has 0 aliphatic carbocycles. The fraction of sp³-hybridized carbons (Fsp3) is 0.357. The smallest absolute Gasteiger partial charge is 0.214 e. The first-order valence-electron chi connectivity index (χ1n) is 6.59. The highest BCUT2D eigenvalue weighted by Gasteiger charge is 2.13. The van der Waals surface area contributed by atoms with Crippen LogP contribution in [0.25, 0.3) is 0 Å². The Balaban J connectivity index is 2.15. The molecule has 20 heavy (non-hydrogen) atoms. The van der Waals surface area contributed by atoms with Crippen molar-refractivity contribution in [3.63, 3.8) is 0 Å². The third-order valence-corrected chi connectivity index (χ3v) is 2.70. The van der Waals surface area contributed by atoms with E-state index in [4.69, 9.17) is 10.5 Å². The van der Waals surface area contributed by atoms with Gasteiger partial charge in [-0.3, -0.25) is 9.78 Å². The van der Waals surface area contributed by atoms with E-state index < -0.39 is 0 Å². The second-order valence-electron chi connectivity index (χ2n) is 4.37. The molecule has 0 amide bonds. The summed E-state index contributed by atoms with van der Waals surface area (Å²) in [5, 5.41) is 0. The summed E-state index contributed by atoms with van der Waals surface area (Å²) in [6.45, 7) is 3.76. The molecule has 2 rings (SSSR count). The summed E-state index contributed by atoms with van der Waals surface area (Å²) in [5.74, 6) is 0.425. The van der Waals surface area contributed by atoms with Gasteiger partial charge in [0.25, 0.3) is 0 Å². The van der Waals surface area contributed by atoms with Crippen molar-refractivity contribution in [2.24, 2.45) is 5.73 Å². The fourth-order valence-electron chi connectivity index (χ4n) is 1.74. The number of ketones is 1. The van der Waals surface area contributed by atoms with Gasteiger partial charge in [-0.05, 0) is 12.5 Å². The monoisotopic (exact) mass is 274 g/mol. The van der Waals surface area contributed by atoms with Gasteiger partial charge in [0.2, 0.25) is 5.78 Å². The van der Waals surface area contributed by atoms with Crippen LogP contribution in [0.15, 0.2) is 31.0 Å². The lowest BCUT2D eigenvalue weighted by Gasteiger charge is -2.05. The van der Waals surface area contributed by atoms with E-state index in [1.54, 1.807) is 29.4 Å². The van der Waals surface area contributed by atoms with Crippen LogP contribution in [0.3, 0.4) is 0 Å². The number of carbonyl (C=O) groups excluding carboxylic acids is 1. The zero-order chi connectivity index (χ0) is 14.4. The van der Waals surface area contributed by atoms with Crippen LogP contribution in [0.2, 0.25) is 0 Å². The van der Waals surface area contributed by atoms with E-state index in [1.807, 2.05) is 6.92 Å². The number of hydrogen-bond acceptors (Lipinski definition) is 5. The molecule has 0 aliphatic rings. The predicted molar refractivity (Wildman–Crippen MR) is 74.7 cm³/mol. The van der Waals surface area contributed by atoms with Gasteiger partial charge in [-0.1, -0.05) is 6.92 Å². The maximum Gasteiger partial charge on any atom is 0.214 e. The Labute approximate surface area is 117 Å². The molecule has 2 aromatic rings. The summed E-state index contributed by atoms with van der Waals surface area (Å²) in [4.78, 5) is 20.4. The van der Waals surface area contributed by atoms with Gasteiger partial charge in [0, 0.05) is 31.0 Å². The molecule has 2 heterocycles. The number of aromatic nitrogens is 3. The lowest BCUT2D eigenvalue weighted by atomic mass is 10.1. The van der Waals surface area contributed by atoms with Crippen LogP contribution in [0.5, 0.6) is 5.75 Å². The molecule has 2 N–H and O–H groups in total. The van der Waals surface area contributed by atoms with Gasteiger partial charge < -0.3 is 15.0 Å². The Bertz CT molecular complexity index is 580. The van der Waals surface area contributed by atoms with Gasteiger partial charge in [-0.15, -0.1) is 0 Å². The molecule has 2 aromatic heterocycles. The average Bonchev–Trinajstić information content (AvgIpc) is 2.93. The summed E-state index contributed by atoms with van der Waals surface area (Å²) in [7, 11) is 0. The highest BCUT2D eigenvalue weighted by Crippen LogP contribution is 2.14. The average molecular weight is 274 g/mol. The Hall–Kier alpha value is -2.21. The lowest BCUT2D eigenvalue weighted by Crippen LogP contribution is -2.08. The molecule has 106 valence electrons. The largest absolute Gasteiger partial charge is 0.492 e. The molecular formula is C14H18N4O2. The van der Waals surface area contributed by atoms with Crippen molar-refractivity contribution in [2.45, 2.75) is 19.9 Å². The van der Waals surface area contributed by atoms with Gasteiger partial charge in [-0.2, -0.15) is 0 Å². The molecule has 0 radical (unpaired) electrons. The van der Waals surface area contributed by atoms with Gasteiger partial charge in [0.1, 0.15) is 11.4 Å². The first-order valence-corrected chi connectivity index (χ1v) is 6.59. The number of rotatable bonds is 7. The Morgan fingerprint density at radius 2 is 2.30 bits per heavy atom. The minimum absolute atomic E-state index is 0.171. The molecule has 0 saturated heterocycles. The van der Waals surface area contributed by atoms with E-state index >= 15 is 0 Å². The first kappa shape index (κ1) is 14.2. The SMILES string of the molecule is CCCOc1cncc(C(=O)c2cn(CCN)cn2)c1. The molecule has 0 fully saturated rings. The lowest BCUT2D eigenvalue weighted by molar-refractivity contribution is 0.103. The van der Waals surface area contributed by atoms with E-state index in [0.717, 1.165) is 6.42 Å². The quantitative estimate of drug-likeness (QED) is 0.768. The molecule has 0 spiro atoms. The standard InChI is InChI=1S/C14H18N4O2/c1-2-5-20-12-6-11(7-16-8-12)14(19)13-9-18(4-3-15)10-17-13/h6-10H,2-5,15H2,1H3. The van der Waals surface area contributed by atoms with Crippen LogP contribution < -0.4 is 10.5 Å². The van der Waals surface area contributed by atoms with Crippen molar-refractivity contribution < 1.29 is 9.53 Å². The molecule has 0 bridgehead atoms. The number of pyridine rings is 1. The van der Waals surface area contributed by atoms with E-state index in [2.05, 4.69) is 9.97 Å². The number of nitrogens with zero attached hydrogens (tertiary/aromatic N) is 3. The van der Waals surface area contributed by atoms with E-state index in [1.165, 1.54) is 6.20 Å². The minimum Gasteiger partial charge on any atom is -0.492 e. The van der Waals surface area contributed by atoms with Crippen molar-refractivity contribution in [3.05, 3.63) is 42.2 Å². The van der Waals surface area contributed by atoms with Crippen molar-refractivity contribution in [1.82, 2.24) is 14.5 Å². The van der Waals surface area contributed by atoms with Crippen molar-refractivity contribution in [1.29, 1.82) is 0 Å². The van der Waals surface area contributed by atoms with Crippen LogP contribution in [0.1, 0.15) is 29.4 Å². The van der Waals surface area contributed by atoms with Gasteiger partial charge in [0.15, 0.2) is 0 Å². The Morgan fingerprint density at radius 3 is 3.05 bits per heavy atom. The van der Waals surface area contributed by atoms with Crippen LogP contribution in [-0.2, 0) is 6.54 Å². The highest BCUT2D eigenvalue weighted by molar-refractivity contribution is 6.07. The molecule has 0 saturated carbocycles. The third-order valence-electron chi connectivity index (χ3n) is 2.70. The van der Waals surface area contributed by atoms with Crippen molar-refractivity contribution >= 4 is 5.78 Å². The Morgan fingerprint density at radius 1 is 1.45 bits per heavy atom. The number of hydrogen-bond donors (Lipinski definition) is 1. The van der Waals surface area contributed by atoms with Crippen LogP contribution in [0, 0.1) is 0 Å². The predicted octanol–water partition coefficient (Wildman–Crippen LogP) is 1.26. The zero-order valence-electron chi connectivity index (χ0n) is 11.5. The second kappa shape index (κ2) is 6.81. The molecule has 0 atom stereocenters. The van der Waals surface area contributed by atoms with Crippen molar-refractivity contribution in [3.8, 4) is 5.75 Å². The van der Waals surface area contributed by atoms with Gasteiger partial charge in [0.05, 0.1) is 19.1 Å². The van der Waals surface area contributed by atoms with Crippen LogP contribution >= 0.6 is 0 Å². The maximum absolute atomic E-state index is 12.3. The fourth-order valence-corrected chi connectivity index (χ4v) is 1.74. The van der Waals surface area contributed by atoms with E-state index in [0.29, 0.717) is 36.7 Å².